The number of Topliss-reactive ketones (excluding diaryl/α,β-unsaturated/α-hetero) is 1. The van der Waals surface area contributed by atoms with Gasteiger partial charge in [-0.25, -0.2) is 4.58 Å². The lowest BCUT2D eigenvalue weighted by molar-refractivity contribution is -0.126. The average molecular weight is 910 g/mol. The second kappa shape index (κ2) is 21.3. The van der Waals surface area contributed by atoms with E-state index in [1.165, 1.54) is 0 Å². The Balaban J connectivity index is 1.60. The molecule has 3 aliphatic rings. The number of aliphatic hydroxyl groups excluding tert-OH is 1. The van der Waals surface area contributed by atoms with Gasteiger partial charge < -0.3 is 31.3 Å². The highest BCUT2D eigenvalue weighted by Crippen LogP contribution is 2.51. The van der Waals surface area contributed by atoms with Crippen molar-refractivity contribution in [1.82, 2.24) is 15.2 Å². The van der Waals surface area contributed by atoms with E-state index in [1.807, 2.05) is 38.1 Å². The molecule has 12 heteroatoms. The van der Waals surface area contributed by atoms with Gasteiger partial charge >= 0.3 is 0 Å². The summed E-state index contributed by atoms with van der Waals surface area (Å²) in [5, 5.41) is 25.7. The second-order valence-corrected chi connectivity index (χ2v) is 20.7. The molecule has 5 N–H and O–H groups in total. The summed E-state index contributed by atoms with van der Waals surface area (Å²) in [5.74, 6) is -1.56. The van der Waals surface area contributed by atoms with Crippen molar-refractivity contribution in [3.05, 3.63) is 57.3 Å². The fourth-order valence-corrected chi connectivity index (χ4v) is 10.4. The van der Waals surface area contributed by atoms with Crippen LogP contribution in [0.5, 0.6) is 0 Å². The molecule has 4 amide bonds. The van der Waals surface area contributed by atoms with Crippen LogP contribution in [0.4, 0.5) is 17.1 Å². The fraction of sp³-hybridized carbons (Fsp3) is 0.630. The number of unbranched alkanes of at least 4 members (excludes halogenated alkanes) is 2. The third-order valence-corrected chi connectivity index (χ3v) is 15.1. The quantitative estimate of drug-likeness (QED) is 0.0791. The minimum absolute atomic E-state index is 0.0279. The van der Waals surface area contributed by atoms with Gasteiger partial charge in [-0.1, -0.05) is 67.2 Å². The molecule has 2 aromatic rings. The summed E-state index contributed by atoms with van der Waals surface area (Å²) in [4.78, 5) is 70.6. The van der Waals surface area contributed by atoms with Crippen molar-refractivity contribution in [2.24, 2.45) is 11.8 Å². The van der Waals surface area contributed by atoms with Gasteiger partial charge in [-0.05, 0) is 105 Å². The third kappa shape index (κ3) is 10.3. The van der Waals surface area contributed by atoms with Gasteiger partial charge in [0.1, 0.15) is 11.8 Å². The molecule has 2 aliphatic heterocycles. The van der Waals surface area contributed by atoms with Crippen LogP contribution in [0.15, 0.2) is 30.0 Å². The molecule has 2 heterocycles. The summed E-state index contributed by atoms with van der Waals surface area (Å²) < 4.78 is 2.33. The van der Waals surface area contributed by atoms with E-state index < -0.39 is 5.78 Å². The molecule has 4 unspecified atom stereocenters. The van der Waals surface area contributed by atoms with Crippen molar-refractivity contribution in [3.8, 4) is 0 Å². The van der Waals surface area contributed by atoms with Crippen molar-refractivity contribution in [1.29, 1.82) is 0 Å². The molecule has 0 saturated heterocycles. The maximum Gasteiger partial charge on any atom is 0.226 e. The van der Waals surface area contributed by atoms with E-state index in [0.717, 1.165) is 73.5 Å². The first kappa shape index (κ1) is 52.0. The van der Waals surface area contributed by atoms with Crippen LogP contribution in [0.3, 0.4) is 0 Å². The SMILES string of the molecule is CCCCC(CC)C(=O)NCCC(=O)Nc1cc2c(cc1C1=C(O)/C(=c3/cc4c(cc3NC(=O)CCNC(=O)C(CC)CCCC)=[N+](C(C)C)C(C)C4(C)C)C1=O)C(C)(C)C(C)N2C(C)C. The number of benzene rings is 2. The summed E-state index contributed by atoms with van der Waals surface area (Å²) in [6.45, 7) is 30.1. The normalized spacial score (nSPS) is 20.0. The molecule has 0 aromatic heterocycles. The third-order valence-electron chi connectivity index (χ3n) is 15.1. The Bertz CT molecular complexity index is 2360. The van der Waals surface area contributed by atoms with Crippen LogP contribution in [0.1, 0.15) is 178 Å². The molecule has 5 rings (SSSR count). The number of aliphatic hydroxyl groups is 1. The van der Waals surface area contributed by atoms with Crippen molar-refractivity contribution in [2.75, 3.05) is 28.6 Å². The number of hydrogen-bond donors (Lipinski definition) is 5. The van der Waals surface area contributed by atoms with Gasteiger partial charge in [0.05, 0.1) is 27.9 Å². The smallest absolute Gasteiger partial charge is 0.226 e. The zero-order chi connectivity index (χ0) is 49.0. The summed E-state index contributed by atoms with van der Waals surface area (Å²) >= 11 is 0. The number of carbonyl (C=O) groups excluding carboxylic acids is 5. The first-order chi connectivity index (χ1) is 31.1. The lowest BCUT2D eigenvalue weighted by atomic mass is 9.76. The van der Waals surface area contributed by atoms with Crippen LogP contribution in [-0.2, 0) is 34.8 Å². The number of amides is 4. The first-order valence-electron chi connectivity index (χ1n) is 25.0. The summed E-state index contributed by atoms with van der Waals surface area (Å²) in [6, 6.07) is 8.22. The Hall–Kier alpha value is -5.00. The number of fused-ring (bicyclic) bond motifs is 2. The van der Waals surface area contributed by atoms with Crippen LogP contribution >= 0.6 is 0 Å². The molecule has 0 bridgehead atoms. The van der Waals surface area contributed by atoms with Gasteiger partial charge in [0, 0.05) is 83.4 Å². The van der Waals surface area contributed by atoms with E-state index in [9.17, 15) is 29.1 Å². The van der Waals surface area contributed by atoms with E-state index in [-0.39, 0.29) is 113 Å². The zero-order valence-electron chi connectivity index (χ0n) is 42.6. The van der Waals surface area contributed by atoms with Gasteiger partial charge in [-0.2, -0.15) is 0 Å². The molecule has 362 valence electrons. The predicted molar refractivity (Wildman–Crippen MR) is 268 cm³/mol. The molecule has 2 aromatic carbocycles. The molecule has 66 heavy (non-hydrogen) atoms. The van der Waals surface area contributed by atoms with Crippen molar-refractivity contribution < 1.29 is 29.1 Å². The molecule has 12 nitrogen and oxygen atoms in total. The molecule has 4 atom stereocenters. The van der Waals surface area contributed by atoms with E-state index >= 15 is 0 Å². The lowest BCUT2D eigenvalue weighted by Gasteiger charge is -2.34. The van der Waals surface area contributed by atoms with E-state index in [2.05, 4.69) is 114 Å². The first-order valence-corrected chi connectivity index (χ1v) is 25.0. The van der Waals surface area contributed by atoms with E-state index in [0.29, 0.717) is 22.2 Å². The molecule has 1 aliphatic carbocycles. The van der Waals surface area contributed by atoms with Gasteiger partial charge in [0.15, 0.2) is 6.04 Å². The van der Waals surface area contributed by atoms with Gasteiger partial charge in [-0.15, -0.1) is 0 Å². The maximum atomic E-state index is 14.9. The van der Waals surface area contributed by atoms with Crippen molar-refractivity contribution >= 4 is 57.6 Å². The largest absolute Gasteiger partial charge is 0.506 e. The Kier molecular flexibility index (Phi) is 16.8. The number of anilines is 3. The van der Waals surface area contributed by atoms with Crippen LogP contribution in [0, 0.1) is 11.8 Å². The Labute approximate surface area is 394 Å². The molecule has 0 radical (unpaired) electrons. The standard InChI is InChI=1S/C54H80N6O6/c1-15-19-21-35(17-3)51(65)55-25-23-45(61)57-41-29-43-39(53(11,12)33(9)59(43)31(5)6)27-37(41)47-49(63)48(50(47)64)38-28-40-44(60(32(7)8)34(10)54(40,13)14)30-42(38)58-46(62)24-26-56-52(66)36(18-4)22-20-16-2/h27-36H,15-26H2,1-14H3,(H4,55,56,57,58,61,62,63,64,65,66)/p+1. The highest BCUT2D eigenvalue weighted by atomic mass is 16.3. The van der Waals surface area contributed by atoms with Crippen molar-refractivity contribution in [2.45, 2.75) is 196 Å². The molecule has 0 spiro atoms. The predicted octanol–water partition coefficient (Wildman–Crippen LogP) is 8.19. The number of allylic oxidation sites excluding steroid dienone is 2. The highest BCUT2D eigenvalue weighted by Gasteiger charge is 2.48. The number of hydrogen-bond acceptors (Lipinski definition) is 7. The molecular formula is C54H81N6O6+. The average Bonchev–Trinajstić information content (AvgIpc) is 3.57. The molecule has 0 fully saturated rings. The van der Waals surface area contributed by atoms with Gasteiger partial charge in [0.2, 0.25) is 34.8 Å². The minimum Gasteiger partial charge on any atom is -0.506 e. The lowest BCUT2D eigenvalue weighted by Crippen LogP contribution is -2.42. The van der Waals surface area contributed by atoms with Crippen LogP contribution in [-0.4, -0.2) is 71.8 Å². The number of rotatable bonds is 21. The second-order valence-electron chi connectivity index (χ2n) is 20.7. The Morgan fingerprint density at radius 1 is 0.727 bits per heavy atom. The minimum atomic E-state index is -0.401. The highest BCUT2D eigenvalue weighted by molar-refractivity contribution is 6.52. The van der Waals surface area contributed by atoms with Crippen LogP contribution in [0.25, 0.3) is 11.1 Å². The summed E-state index contributed by atoms with van der Waals surface area (Å²) in [7, 11) is 0. The Morgan fingerprint density at radius 2 is 1.26 bits per heavy atom. The van der Waals surface area contributed by atoms with E-state index in [4.69, 9.17) is 0 Å². The number of nitrogens with one attached hydrogen (secondary N) is 4. The van der Waals surface area contributed by atoms with Crippen LogP contribution < -0.4 is 41.3 Å². The maximum absolute atomic E-state index is 14.9. The molecular weight excluding hydrogens is 829 g/mol. The monoisotopic (exact) mass is 910 g/mol. The topological polar surface area (TPSA) is 160 Å². The summed E-state index contributed by atoms with van der Waals surface area (Å²) in [6.07, 6.45) is 7.08. The van der Waals surface area contributed by atoms with Gasteiger partial charge in [-0.3, -0.25) is 24.0 Å². The van der Waals surface area contributed by atoms with Crippen molar-refractivity contribution in [3.63, 3.8) is 0 Å². The molecule has 0 saturated carbocycles. The zero-order valence-corrected chi connectivity index (χ0v) is 42.6. The summed E-state index contributed by atoms with van der Waals surface area (Å²) in [5.41, 5.74) is 3.68. The van der Waals surface area contributed by atoms with Crippen LogP contribution in [0.2, 0.25) is 0 Å². The Morgan fingerprint density at radius 3 is 1.73 bits per heavy atom. The fourth-order valence-electron chi connectivity index (χ4n) is 10.4. The number of nitrogens with zero attached hydrogens (tertiary/aromatic N) is 2. The number of ketones is 1. The van der Waals surface area contributed by atoms with Gasteiger partial charge in [0.25, 0.3) is 0 Å². The van der Waals surface area contributed by atoms with E-state index in [1.54, 1.807) is 0 Å². The number of carbonyl (C=O) groups is 5.